The molecular formula is C14H24N4. The fourth-order valence-corrected chi connectivity index (χ4v) is 4.06. The van der Waals surface area contributed by atoms with E-state index in [0.717, 1.165) is 18.9 Å². The van der Waals surface area contributed by atoms with E-state index in [4.69, 9.17) is 0 Å². The van der Waals surface area contributed by atoms with Crippen LogP contribution < -0.4 is 5.32 Å². The average molecular weight is 248 g/mol. The Hall–Kier alpha value is -0.630. The van der Waals surface area contributed by atoms with E-state index in [1.165, 1.54) is 45.4 Å². The SMILES string of the molecule is CNC1(C#N)CCC(N2CCN3CCCC3C2)C1. The van der Waals surface area contributed by atoms with Crippen LogP contribution in [0.4, 0.5) is 0 Å². The Morgan fingerprint density at radius 2 is 2.00 bits per heavy atom. The maximum Gasteiger partial charge on any atom is 0.108 e. The molecule has 0 aromatic heterocycles. The standard InChI is InChI=1S/C14H24N4/c1-16-14(11-15)5-4-12(9-14)18-8-7-17-6-2-3-13(17)10-18/h12-13,16H,2-10H2,1H3. The lowest BCUT2D eigenvalue weighted by atomic mass is 9.99. The van der Waals surface area contributed by atoms with Crippen LogP contribution in [0, 0.1) is 11.3 Å². The molecule has 1 saturated carbocycles. The van der Waals surface area contributed by atoms with Gasteiger partial charge >= 0.3 is 0 Å². The van der Waals surface area contributed by atoms with Gasteiger partial charge in [0.15, 0.2) is 0 Å². The molecule has 2 aliphatic heterocycles. The van der Waals surface area contributed by atoms with Crippen molar-refractivity contribution in [2.24, 2.45) is 0 Å². The summed E-state index contributed by atoms with van der Waals surface area (Å²) in [5, 5.41) is 12.6. The van der Waals surface area contributed by atoms with Crippen molar-refractivity contribution in [2.75, 3.05) is 33.2 Å². The van der Waals surface area contributed by atoms with Crippen molar-refractivity contribution >= 4 is 0 Å². The molecule has 0 spiro atoms. The summed E-state index contributed by atoms with van der Waals surface area (Å²) in [6.45, 7) is 4.98. The van der Waals surface area contributed by atoms with Gasteiger partial charge in [-0.1, -0.05) is 0 Å². The van der Waals surface area contributed by atoms with Crippen molar-refractivity contribution in [1.29, 1.82) is 5.26 Å². The van der Waals surface area contributed by atoms with Crippen molar-refractivity contribution in [2.45, 2.75) is 49.7 Å². The lowest BCUT2D eigenvalue weighted by Gasteiger charge is -2.40. The van der Waals surface area contributed by atoms with E-state index in [1.54, 1.807) is 0 Å². The monoisotopic (exact) mass is 248 g/mol. The first kappa shape index (κ1) is 12.4. The minimum Gasteiger partial charge on any atom is -0.302 e. The zero-order valence-corrected chi connectivity index (χ0v) is 11.4. The quantitative estimate of drug-likeness (QED) is 0.785. The molecule has 1 aliphatic carbocycles. The lowest BCUT2D eigenvalue weighted by Crippen LogP contribution is -2.53. The molecule has 18 heavy (non-hydrogen) atoms. The Balaban J connectivity index is 1.62. The summed E-state index contributed by atoms with van der Waals surface area (Å²) in [7, 11) is 1.93. The van der Waals surface area contributed by atoms with Gasteiger partial charge in [0.2, 0.25) is 0 Å². The van der Waals surface area contributed by atoms with Crippen LogP contribution in [0.25, 0.3) is 0 Å². The van der Waals surface area contributed by atoms with Gasteiger partial charge in [-0.3, -0.25) is 9.80 Å². The summed E-state index contributed by atoms with van der Waals surface area (Å²) >= 11 is 0. The Kier molecular flexibility index (Phi) is 3.31. The van der Waals surface area contributed by atoms with E-state index < -0.39 is 0 Å². The first-order valence-corrected chi connectivity index (χ1v) is 7.35. The van der Waals surface area contributed by atoms with Crippen LogP contribution in [0.15, 0.2) is 0 Å². The molecule has 100 valence electrons. The third-order valence-corrected chi connectivity index (χ3v) is 5.32. The van der Waals surface area contributed by atoms with E-state index in [1.807, 2.05) is 7.05 Å². The molecular weight excluding hydrogens is 224 g/mol. The van der Waals surface area contributed by atoms with Crippen LogP contribution in [-0.4, -0.2) is 60.6 Å². The summed E-state index contributed by atoms with van der Waals surface area (Å²) in [6, 6.07) is 3.92. The first-order chi connectivity index (χ1) is 8.76. The van der Waals surface area contributed by atoms with Gasteiger partial charge < -0.3 is 5.32 Å². The summed E-state index contributed by atoms with van der Waals surface area (Å²) < 4.78 is 0. The number of nitriles is 1. The summed E-state index contributed by atoms with van der Waals surface area (Å²) in [5.74, 6) is 0. The molecule has 0 aromatic rings. The van der Waals surface area contributed by atoms with E-state index in [9.17, 15) is 5.26 Å². The number of fused-ring (bicyclic) bond motifs is 1. The van der Waals surface area contributed by atoms with Crippen molar-refractivity contribution in [1.82, 2.24) is 15.1 Å². The smallest absolute Gasteiger partial charge is 0.108 e. The van der Waals surface area contributed by atoms with E-state index >= 15 is 0 Å². The van der Waals surface area contributed by atoms with Crippen LogP contribution in [0.5, 0.6) is 0 Å². The Morgan fingerprint density at radius 3 is 2.72 bits per heavy atom. The second-order valence-electron chi connectivity index (χ2n) is 6.17. The van der Waals surface area contributed by atoms with Crippen molar-refractivity contribution in [3.05, 3.63) is 0 Å². The van der Waals surface area contributed by atoms with Gasteiger partial charge in [0, 0.05) is 31.7 Å². The largest absolute Gasteiger partial charge is 0.302 e. The molecule has 3 rings (SSSR count). The highest BCUT2D eigenvalue weighted by molar-refractivity contribution is 5.13. The molecule has 4 heteroatoms. The second-order valence-corrected chi connectivity index (χ2v) is 6.17. The first-order valence-electron chi connectivity index (χ1n) is 7.35. The van der Waals surface area contributed by atoms with Gasteiger partial charge in [-0.05, 0) is 45.7 Å². The topological polar surface area (TPSA) is 42.3 Å². The fraction of sp³-hybridized carbons (Fsp3) is 0.929. The summed E-state index contributed by atoms with van der Waals surface area (Å²) in [4.78, 5) is 5.31. The molecule has 0 aromatic carbocycles. The van der Waals surface area contributed by atoms with Crippen LogP contribution in [0.2, 0.25) is 0 Å². The number of hydrogen-bond donors (Lipinski definition) is 1. The average Bonchev–Trinajstić information content (AvgIpc) is 3.05. The van der Waals surface area contributed by atoms with Gasteiger partial charge in [0.25, 0.3) is 0 Å². The lowest BCUT2D eigenvalue weighted by molar-refractivity contribution is 0.0717. The zero-order valence-electron chi connectivity index (χ0n) is 11.4. The molecule has 3 atom stereocenters. The van der Waals surface area contributed by atoms with Crippen molar-refractivity contribution in [3.63, 3.8) is 0 Å². The number of nitrogens with zero attached hydrogens (tertiary/aromatic N) is 3. The molecule has 3 unspecified atom stereocenters. The van der Waals surface area contributed by atoms with Crippen molar-refractivity contribution < 1.29 is 0 Å². The molecule has 0 bridgehead atoms. The highest BCUT2D eigenvalue weighted by atomic mass is 15.3. The molecule has 2 saturated heterocycles. The summed E-state index contributed by atoms with van der Waals surface area (Å²) in [6.07, 6.45) is 5.95. The fourth-order valence-electron chi connectivity index (χ4n) is 4.06. The van der Waals surface area contributed by atoms with Gasteiger partial charge in [0.1, 0.15) is 5.54 Å². The third kappa shape index (κ3) is 2.05. The maximum atomic E-state index is 9.34. The van der Waals surface area contributed by atoms with E-state index in [0.29, 0.717) is 6.04 Å². The van der Waals surface area contributed by atoms with E-state index in [-0.39, 0.29) is 5.54 Å². The Labute approximate surface area is 110 Å². The molecule has 2 heterocycles. The highest BCUT2D eigenvalue weighted by Crippen LogP contribution is 2.34. The Bertz CT molecular complexity index is 350. The van der Waals surface area contributed by atoms with Gasteiger partial charge in [0.05, 0.1) is 6.07 Å². The highest BCUT2D eigenvalue weighted by Gasteiger charge is 2.42. The minimum absolute atomic E-state index is 0.253. The maximum absolute atomic E-state index is 9.34. The minimum atomic E-state index is -0.253. The molecule has 0 amide bonds. The zero-order chi connectivity index (χ0) is 12.6. The second kappa shape index (κ2) is 4.80. The predicted molar refractivity (Wildman–Crippen MR) is 71.2 cm³/mol. The Morgan fingerprint density at radius 1 is 1.17 bits per heavy atom. The third-order valence-electron chi connectivity index (χ3n) is 5.32. The van der Waals surface area contributed by atoms with E-state index in [2.05, 4.69) is 21.2 Å². The normalized spacial score (nSPS) is 41.8. The van der Waals surface area contributed by atoms with Crippen LogP contribution in [-0.2, 0) is 0 Å². The number of piperazine rings is 1. The number of nitrogens with one attached hydrogen (secondary N) is 1. The van der Waals surface area contributed by atoms with Gasteiger partial charge in [-0.25, -0.2) is 0 Å². The molecule has 3 fully saturated rings. The molecule has 4 nitrogen and oxygen atoms in total. The van der Waals surface area contributed by atoms with Crippen LogP contribution in [0.1, 0.15) is 32.1 Å². The number of hydrogen-bond acceptors (Lipinski definition) is 4. The van der Waals surface area contributed by atoms with Crippen LogP contribution >= 0.6 is 0 Å². The van der Waals surface area contributed by atoms with Gasteiger partial charge in [-0.2, -0.15) is 5.26 Å². The predicted octanol–water partition coefficient (Wildman–Crippen LogP) is 0.801. The molecule has 3 aliphatic rings. The van der Waals surface area contributed by atoms with Crippen molar-refractivity contribution in [3.8, 4) is 6.07 Å². The molecule has 1 N–H and O–H groups in total. The van der Waals surface area contributed by atoms with Gasteiger partial charge in [-0.15, -0.1) is 0 Å². The van der Waals surface area contributed by atoms with Crippen LogP contribution in [0.3, 0.4) is 0 Å². The molecule has 0 radical (unpaired) electrons. The number of rotatable bonds is 2. The summed E-state index contributed by atoms with van der Waals surface area (Å²) in [5.41, 5.74) is -0.253.